The number of primary amides is 1. The molecule has 0 aromatic heterocycles. The molecule has 0 aromatic carbocycles. The summed E-state index contributed by atoms with van der Waals surface area (Å²) in [6, 6.07) is 0. The van der Waals surface area contributed by atoms with E-state index in [0.29, 0.717) is 36.7 Å². The second-order valence-electron chi connectivity index (χ2n) is 16.7. The predicted octanol–water partition coefficient (Wildman–Crippen LogP) is 12.3. The van der Waals surface area contributed by atoms with E-state index in [9.17, 15) is 14.4 Å². The summed E-state index contributed by atoms with van der Waals surface area (Å²) >= 11 is 0. The molecule has 0 spiro atoms. The first kappa shape index (κ1) is 49.2. The van der Waals surface area contributed by atoms with E-state index in [1.807, 2.05) is 37.1 Å². The number of unbranched alkanes of at least 4 members (excludes halogenated alkanes) is 26. The van der Waals surface area contributed by atoms with Gasteiger partial charge in [-0.1, -0.05) is 187 Å². The molecule has 2 atom stereocenters. The number of carbonyl (C=O) groups is 3. The zero-order valence-corrected chi connectivity index (χ0v) is 36.5. The van der Waals surface area contributed by atoms with E-state index in [2.05, 4.69) is 13.8 Å². The second-order valence-corrected chi connectivity index (χ2v) is 16.7. The fraction of sp³-hybridized carbons (Fsp3) is 0.792. The van der Waals surface area contributed by atoms with Crippen LogP contribution in [0.3, 0.4) is 0 Å². The Balaban J connectivity index is 1.82. The number of nitrogens with zero attached hydrogens (tertiary/aromatic N) is 2. The molecular weight excluding hydrogens is 699 g/mol. The summed E-state index contributed by atoms with van der Waals surface area (Å²) in [5.41, 5.74) is 7.95. The maximum atomic E-state index is 13.8. The van der Waals surface area contributed by atoms with E-state index >= 15 is 0 Å². The number of hydrogen-bond acceptors (Lipinski definition) is 7. The molecule has 8 nitrogen and oxygen atoms in total. The van der Waals surface area contributed by atoms with Crippen LogP contribution in [0.1, 0.15) is 207 Å². The molecule has 0 saturated heterocycles. The fourth-order valence-electron chi connectivity index (χ4n) is 8.25. The molecule has 0 bridgehead atoms. The number of carbonyl (C=O) groups excluding carboxylic acids is 3. The molecule has 2 rings (SSSR count). The lowest BCUT2D eigenvalue weighted by atomic mass is 9.74. The van der Waals surface area contributed by atoms with Crippen molar-refractivity contribution in [3.8, 4) is 0 Å². The van der Waals surface area contributed by atoms with Gasteiger partial charge in [-0.15, -0.1) is 0 Å². The molecule has 0 radical (unpaired) electrons. The molecule has 0 aliphatic carbocycles. The SMILES string of the molecule is CCCCCCCCCCCCCCCCOC(=O)C1=C(C)N=C(C)C(C(=O)OCCCCCCCCCCCCCCCC)C1C1=CC=CN(CC(N)=O)C1. The number of aliphatic imine (C=N–C) groups is 1. The van der Waals surface area contributed by atoms with Crippen molar-refractivity contribution in [2.75, 3.05) is 26.3 Å². The van der Waals surface area contributed by atoms with Crippen molar-refractivity contribution in [3.05, 3.63) is 35.2 Å². The Bertz CT molecular complexity index is 1220. The number of allylic oxidation sites excluding steroid dienone is 3. The largest absolute Gasteiger partial charge is 0.465 e. The van der Waals surface area contributed by atoms with Gasteiger partial charge in [0.2, 0.25) is 5.91 Å². The number of amides is 1. The molecule has 2 unspecified atom stereocenters. The molecule has 8 heteroatoms. The van der Waals surface area contributed by atoms with Crippen molar-refractivity contribution < 1.29 is 23.9 Å². The van der Waals surface area contributed by atoms with Gasteiger partial charge in [-0.3, -0.25) is 14.6 Å². The van der Waals surface area contributed by atoms with Crippen molar-refractivity contribution >= 4 is 23.6 Å². The van der Waals surface area contributed by atoms with Gasteiger partial charge in [0, 0.05) is 23.9 Å². The molecule has 0 aromatic rings. The maximum Gasteiger partial charge on any atom is 0.336 e. The van der Waals surface area contributed by atoms with Gasteiger partial charge in [-0.25, -0.2) is 4.79 Å². The van der Waals surface area contributed by atoms with Gasteiger partial charge in [0.1, 0.15) is 5.92 Å². The van der Waals surface area contributed by atoms with Crippen LogP contribution in [0.2, 0.25) is 0 Å². The van der Waals surface area contributed by atoms with Crippen LogP contribution in [0, 0.1) is 11.8 Å². The summed E-state index contributed by atoms with van der Waals surface area (Å²) in [6.45, 7) is 9.28. The Hall–Kier alpha value is -2.90. The minimum absolute atomic E-state index is 0.0451. The lowest BCUT2D eigenvalue weighted by molar-refractivity contribution is -0.147. The number of rotatable bonds is 35. The zero-order chi connectivity index (χ0) is 40.6. The molecule has 2 aliphatic heterocycles. The molecule has 0 saturated carbocycles. The average Bonchev–Trinajstić information content (AvgIpc) is 3.17. The van der Waals surface area contributed by atoms with Crippen molar-refractivity contribution in [1.82, 2.24) is 4.90 Å². The van der Waals surface area contributed by atoms with Gasteiger partial charge in [0.05, 0.1) is 25.3 Å². The molecule has 2 heterocycles. The first-order valence-corrected chi connectivity index (χ1v) is 23.3. The molecule has 1 amide bonds. The Labute approximate surface area is 343 Å². The lowest BCUT2D eigenvalue weighted by Gasteiger charge is -2.35. The highest BCUT2D eigenvalue weighted by Crippen LogP contribution is 2.39. The highest BCUT2D eigenvalue weighted by Gasteiger charge is 2.43. The van der Waals surface area contributed by atoms with Crippen LogP contribution in [0.4, 0.5) is 0 Å². The Morgan fingerprint density at radius 1 is 0.643 bits per heavy atom. The monoisotopic (exact) mass is 782 g/mol. The molecule has 2 N–H and O–H groups in total. The molecule has 2 aliphatic rings. The average molecular weight is 782 g/mol. The standard InChI is InChI=1S/C48H83N3O5/c1-5-7-9-11-13-15-17-19-21-23-25-27-29-31-36-55-47(53)44-40(3)50-41(4)45(46(44)42-34-33-35-51(38-42)39-43(49)52)48(54)56-37-32-30-28-26-24-22-20-18-16-14-12-10-8-6-2/h33-35,44,46H,5-32,36-39H2,1-4H3,(H2,49,52). The van der Waals surface area contributed by atoms with Crippen LogP contribution in [0.15, 0.2) is 40.2 Å². The maximum absolute atomic E-state index is 13.8. The van der Waals surface area contributed by atoms with Crippen LogP contribution >= 0.6 is 0 Å². The third-order valence-corrected chi connectivity index (χ3v) is 11.5. The van der Waals surface area contributed by atoms with Crippen LogP contribution in [0.5, 0.6) is 0 Å². The van der Waals surface area contributed by atoms with E-state index in [4.69, 9.17) is 20.2 Å². The summed E-state index contributed by atoms with van der Waals surface area (Å²) in [5.74, 6) is -2.59. The van der Waals surface area contributed by atoms with Crippen LogP contribution in [0.25, 0.3) is 0 Å². The molecule has 320 valence electrons. The lowest BCUT2D eigenvalue weighted by Crippen LogP contribution is -2.42. The van der Waals surface area contributed by atoms with Crippen molar-refractivity contribution in [1.29, 1.82) is 0 Å². The van der Waals surface area contributed by atoms with Gasteiger partial charge < -0.3 is 20.1 Å². The fourth-order valence-corrected chi connectivity index (χ4v) is 8.25. The van der Waals surface area contributed by atoms with Crippen LogP contribution in [-0.4, -0.2) is 54.8 Å². The minimum Gasteiger partial charge on any atom is -0.465 e. The summed E-state index contributed by atoms with van der Waals surface area (Å²) < 4.78 is 11.8. The van der Waals surface area contributed by atoms with Gasteiger partial charge in [0.25, 0.3) is 0 Å². The van der Waals surface area contributed by atoms with Gasteiger partial charge in [-0.2, -0.15) is 0 Å². The van der Waals surface area contributed by atoms with Crippen molar-refractivity contribution in [2.24, 2.45) is 22.6 Å². The first-order chi connectivity index (χ1) is 27.3. The van der Waals surface area contributed by atoms with Crippen molar-refractivity contribution in [3.63, 3.8) is 0 Å². The van der Waals surface area contributed by atoms with Gasteiger partial charge >= 0.3 is 11.9 Å². The third-order valence-electron chi connectivity index (χ3n) is 11.5. The van der Waals surface area contributed by atoms with Gasteiger partial charge in [-0.05, 0) is 44.5 Å². The Kier molecular flexibility index (Phi) is 28.2. The number of hydrogen-bond donors (Lipinski definition) is 1. The molecule has 56 heavy (non-hydrogen) atoms. The third kappa shape index (κ3) is 21.6. The van der Waals surface area contributed by atoms with Gasteiger partial charge in [0.15, 0.2) is 0 Å². The summed E-state index contributed by atoms with van der Waals surface area (Å²) in [5, 5.41) is 0. The van der Waals surface area contributed by atoms with Crippen molar-refractivity contribution in [2.45, 2.75) is 207 Å². The topological polar surface area (TPSA) is 111 Å². The quantitative estimate of drug-likeness (QED) is 0.0506. The molecule has 0 fully saturated rings. The van der Waals surface area contributed by atoms with E-state index in [0.717, 1.165) is 44.1 Å². The van der Waals surface area contributed by atoms with E-state index < -0.39 is 23.7 Å². The summed E-state index contributed by atoms with van der Waals surface area (Å²) in [4.78, 5) is 45.9. The highest BCUT2D eigenvalue weighted by atomic mass is 16.5. The van der Waals surface area contributed by atoms with Crippen LogP contribution < -0.4 is 5.73 Å². The first-order valence-electron chi connectivity index (χ1n) is 23.3. The minimum atomic E-state index is -0.748. The smallest absolute Gasteiger partial charge is 0.336 e. The number of esters is 2. The summed E-state index contributed by atoms with van der Waals surface area (Å²) in [7, 11) is 0. The van der Waals surface area contributed by atoms with E-state index in [1.54, 1.807) is 0 Å². The second kappa shape index (κ2) is 32.1. The van der Waals surface area contributed by atoms with E-state index in [1.165, 1.54) is 141 Å². The Morgan fingerprint density at radius 2 is 1.05 bits per heavy atom. The highest BCUT2D eigenvalue weighted by molar-refractivity contribution is 6.06. The zero-order valence-electron chi connectivity index (χ0n) is 36.5. The molecular formula is C48H83N3O5. The normalized spacial score (nSPS) is 16.9. The predicted molar refractivity (Wildman–Crippen MR) is 233 cm³/mol. The number of ether oxygens (including phenoxy) is 2. The Morgan fingerprint density at radius 3 is 1.48 bits per heavy atom. The van der Waals surface area contributed by atoms with E-state index in [-0.39, 0.29) is 12.5 Å². The summed E-state index contributed by atoms with van der Waals surface area (Å²) in [6.07, 6.45) is 41.0. The number of nitrogens with two attached hydrogens (primary N) is 1. The van der Waals surface area contributed by atoms with Crippen LogP contribution in [-0.2, 0) is 23.9 Å².